The molecular formula is C20H17N3O3S. The average Bonchev–Trinajstić information content (AvgIpc) is 3.06. The predicted molar refractivity (Wildman–Crippen MR) is 106 cm³/mol. The summed E-state index contributed by atoms with van der Waals surface area (Å²) in [6.45, 7) is 2.90. The maximum absolute atomic E-state index is 12.5. The second-order valence-corrected chi connectivity index (χ2v) is 6.83. The van der Waals surface area contributed by atoms with Crippen LogP contribution in [0, 0.1) is 0 Å². The van der Waals surface area contributed by atoms with E-state index in [0.717, 1.165) is 16.9 Å². The van der Waals surface area contributed by atoms with Crippen molar-refractivity contribution in [2.24, 2.45) is 0 Å². The number of amides is 2. The van der Waals surface area contributed by atoms with Gasteiger partial charge in [-0.05, 0) is 24.3 Å². The lowest BCUT2D eigenvalue weighted by atomic mass is 10.1. The van der Waals surface area contributed by atoms with Crippen molar-refractivity contribution in [3.8, 4) is 11.3 Å². The maximum atomic E-state index is 12.5. The number of aromatic nitrogens is 1. The van der Waals surface area contributed by atoms with Crippen LogP contribution in [0.1, 0.15) is 33.9 Å². The molecule has 0 bridgehead atoms. The molecule has 6 nitrogen and oxygen atoms in total. The molecule has 0 unspecified atom stereocenters. The Morgan fingerprint density at radius 2 is 1.56 bits per heavy atom. The normalized spacial score (nSPS) is 10.3. The number of carbonyl (C=O) groups is 3. The van der Waals surface area contributed by atoms with E-state index in [1.54, 1.807) is 24.3 Å². The van der Waals surface area contributed by atoms with E-state index in [2.05, 4.69) is 15.6 Å². The van der Waals surface area contributed by atoms with Crippen molar-refractivity contribution in [2.75, 3.05) is 10.6 Å². The van der Waals surface area contributed by atoms with Gasteiger partial charge in [0.25, 0.3) is 5.91 Å². The lowest BCUT2D eigenvalue weighted by Gasteiger charge is -2.04. The highest BCUT2D eigenvalue weighted by atomic mass is 32.1. The third-order valence-electron chi connectivity index (χ3n) is 3.68. The van der Waals surface area contributed by atoms with Crippen LogP contribution in [0.5, 0.6) is 0 Å². The summed E-state index contributed by atoms with van der Waals surface area (Å²) < 4.78 is 0. The van der Waals surface area contributed by atoms with Crippen LogP contribution in [0.15, 0.2) is 54.6 Å². The summed E-state index contributed by atoms with van der Waals surface area (Å²) in [4.78, 5) is 40.4. The fourth-order valence-electron chi connectivity index (χ4n) is 2.48. The first kappa shape index (κ1) is 18.5. The Morgan fingerprint density at radius 1 is 0.889 bits per heavy atom. The number of ketones is 1. The van der Waals surface area contributed by atoms with Crippen molar-refractivity contribution in [3.63, 3.8) is 0 Å². The number of benzene rings is 2. The summed E-state index contributed by atoms with van der Waals surface area (Å²) in [5.41, 5.74) is 2.41. The van der Waals surface area contributed by atoms with Gasteiger partial charge in [0.05, 0.1) is 10.6 Å². The van der Waals surface area contributed by atoms with Crippen molar-refractivity contribution < 1.29 is 14.4 Å². The van der Waals surface area contributed by atoms with Gasteiger partial charge in [-0.1, -0.05) is 41.7 Å². The SMILES string of the molecule is CC(=O)Nc1ccc(C(=O)Nc2nc(-c3ccccc3)c(C(C)=O)s2)cc1. The second-order valence-electron chi connectivity index (χ2n) is 5.83. The molecule has 0 saturated heterocycles. The van der Waals surface area contributed by atoms with Gasteiger partial charge in [0.15, 0.2) is 10.9 Å². The maximum Gasteiger partial charge on any atom is 0.257 e. The molecule has 2 amide bonds. The monoisotopic (exact) mass is 379 g/mol. The van der Waals surface area contributed by atoms with Gasteiger partial charge in [-0.25, -0.2) is 4.98 Å². The van der Waals surface area contributed by atoms with E-state index in [4.69, 9.17) is 0 Å². The van der Waals surface area contributed by atoms with E-state index in [9.17, 15) is 14.4 Å². The first-order valence-electron chi connectivity index (χ1n) is 8.20. The number of thiazole rings is 1. The first-order chi connectivity index (χ1) is 12.9. The number of anilines is 2. The summed E-state index contributed by atoms with van der Waals surface area (Å²) in [6, 6.07) is 15.9. The minimum atomic E-state index is -0.340. The Balaban J connectivity index is 1.82. The Kier molecular flexibility index (Phi) is 5.42. The molecule has 7 heteroatoms. The quantitative estimate of drug-likeness (QED) is 0.650. The van der Waals surface area contributed by atoms with Gasteiger partial charge in [0.1, 0.15) is 0 Å². The molecule has 27 heavy (non-hydrogen) atoms. The minimum absolute atomic E-state index is 0.105. The number of nitrogens with one attached hydrogen (secondary N) is 2. The summed E-state index contributed by atoms with van der Waals surface area (Å²) >= 11 is 1.15. The molecule has 3 aromatic rings. The molecule has 136 valence electrons. The summed E-state index contributed by atoms with van der Waals surface area (Å²) in [6.07, 6.45) is 0. The van der Waals surface area contributed by atoms with E-state index in [-0.39, 0.29) is 17.6 Å². The number of nitrogens with zero attached hydrogens (tertiary/aromatic N) is 1. The molecule has 2 N–H and O–H groups in total. The fraction of sp³-hybridized carbons (Fsp3) is 0.100. The highest BCUT2D eigenvalue weighted by molar-refractivity contribution is 7.18. The molecule has 0 saturated carbocycles. The predicted octanol–water partition coefficient (Wildman–Crippen LogP) is 4.22. The van der Waals surface area contributed by atoms with Gasteiger partial charge in [-0.15, -0.1) is 0 Å². The topological polar surface area (TPSA) is 88.2 Å². The third kappa shape index (κ3) is 4.45. The lowest BCUT2D eigenvalue weighted by Crippen LogP contribution is -2.12. The van der Waals surface area contributed by atoms with Crippen LogP contribution in [0.3, 0.4) is 0 Å². The van der Waals surface area contributed by atoms with E-state index in [1.165, 1.54) is 13.8 Å². The van der Waals surface area contributed by atoms with E-state index in [0.29, 0.717) is 27.0 Å². The van der Waals surface area contributed by atoms with Crippen molar-refractivity contribution >= 4 is 39.8 Å². The summed E-state index contributed by atoms with van der Waals surface area (Å²) in [7, 11) is 0. The highest BCUT2D eigenvalue weighted by Gasteiger charge is 2.18. The largest absolute Gasteiger partial charge is 0.326 e. The van der Waals surface area contributed by atoms with Gasteiger partial charge >= 0.3 is 0 Å². The first-order valence-corrected chi connectivity index (χ1v) is 9.02. The zero-order valence-corrected chi connectivity index (χ0v) is 15.6. The van der Waals surface area contributed by atoms with E-state index < -0.39 is 0 Å². The number of rotatable bonds is 5. The van der Waals surface area contributed by atoms with Crippen LogP contribution in [-0.2, 0) is 4.79 Å². The highest BCUT2D eigenvalue weighted by Crippen LogP contribution is 2.31. The Bertz CT molecular complexity index is 995. The van der Waals surface area contributed by atoms with Crippen molar-refractivity contribution in [1.82, 2.24) is 4.98 Å². The van der Waals surface area contributed by atoms with E-state index >= 15 is 0 Å². The molecule has 0 aliphatic carbocycles. The Morgan fingerprint density at radius 3 is 2.15 bits per heavy atom. The van der Waals surface area contributed by atoms with Gasteiger partial charge in [0.2, 0.25) is 5.91 Å². The van der Waals surface area contributed by atoms with Crippen LogP contribution in [0.25, 0.3) is 11.3 Å². The number of carbonyl (C=O) groups excluding carboxylic acids is 3. The summed E-state index contributed by atoms with van der Waals surface area (Å²) in [5.74, 6) is -0.625. The lowest BCUT2D eigenvalue weighted by molar-refractivity contribution is -0.114. The molecule has 2 aromatic carbocycles. The molecule has 1 heterocycles. The molecule has 1 aromatic heterocycles. The Hall–Kier alpha value is -3.32. The molecular weight excluding hydrogens is 362 g/mol. The molecule has 0 atom stereocenters. The zero-order valence-electron chi connectivity index (χ0n) is 14.8. The van der Waals surface area contributed by atoms with Crippen molar-refractivity contribution in [3.05, 3.63) is 65.0 Å². The minimum Gasteiger partial charge on any atom is -0.326 e. The van der Waals surface area contributed by atoms with Crippen molar-refractivity contribution in [2.45, 2.75) is 13.8 Å². The van der Waals surface area contributed by atoms with Crippen LogP contribution in [0.4, 0.5) is 10.8 Å². The zero-order chi connectivity index (χ0) is 19.4. The Labute approximate surface area is 160 Å². The van der Waals surface area contributed by atoms with Crippen LogP contribution >= 0.6 is 11.3 Å². The fourth-order valence-corrected chi connectivity index (χ4v) is 3.36. The van der Waals surface area contributed by atoms with Gasteiger partial charge in [-0.3, -0.25) is 19.7 Å². The van der Waals surface area contributed by atoms with Crippen LogP contribution in [0.2, 0.25) is 0 Å². The van der Waals surface area contributed by atoms with Gasteiger partial charge in [0, 0.05) is 30.7 Å². The third-order valence-corrected chi connectivity index (χ3v) is 4.75. The smallest absolute Gasteiger partial charge is 0.257 e. The standard InChI is InChI=1S/C20H17N3O3S/c1-12(24)18-17(14-6-4-3-5-7-14)22-20(27-18)23-19(26)15-8-10-16(11-9-15)21-13(2)25/h3-11H,1-2H3,(H,21,25)(H,22,23,26). The van der Waals surface area contributed by atoms with E-state index in [1.807, 2.05) is 30.3 Å². The summed E-state index contributed by atoms with van der Waals surface area (Å²) in [5, 5.41) is 5.73. The van der Waals surface area contributed by atoms with Crippen molar-refractivity contribution in [1.29, 1.82) is 0 Å². The molecule has 0 spiro atoms. The number of hydrogen-bond acceptors (Lipinski definition) is 5. The number of hydrogen-bond donors (Lipinski definition) is 2. The molecule has 0 fully saturated rings. The second kappa shape index (κ2) is 7.92. The van der Waals surface area contributed by atoms with Gasteiger partial charge < -0.3 is 5.32 Å². The van der Waals surface area contributed by atoms with Crippen LogP contribution in [-0.4, -0.2) is 22.6 Å². The molecule has 3 rings (SSSR count). The van der Waals surface area contributed by atoms with Gasteiger partial charge in [-0.2, -0.15) is 0 Å². The molecule has 0 aliphatic heterocycles. The van der Waals surface area contributed by atoms with Crippen LogP contribution < -0.4 is 10.6 Å². The molecule has 0 aliphatic rings. The number of Topliss-reactive ketones (excluding diaryl/α,β-unsaturated/α-hetero) is 1. The molecule has 0 radical (unpaired) electrons. The average molecular weight is 379 g/mol.